The van der Waals surface area contributed by atoms with Gasteiger partial charge in [0.1, 0.15) is 17.8 Å². The lowest BCUT2D eigenvalue weighted by atomic mass is 10.1. The number of aromatic nitrogens is 4. The van der Waals surface area contributed by atoms with Crippen LogP contribution >= 0.6 is 0 Å². The number of nitrogens with zero attached hydrogens (tertiary/aromatic N) is 4. The standard InChI is InChI=1S/C23H28N6O5S/c1-14-4-3-5-16(6-14)11-29-15(2)7-20(28-29)22(31)19-10-25-13-26-23(19)27-18-8-17(21(30)9-18)12-34-35(24,32)33/h3-7,10,13,17-18,21,30H,8-9,11-12H2,1-2H3,(H2,24,32,33)(H,25,26,27)/t17-,18-,21+/m1/s1. The minimum absolute atomic E-state index is 0.217. The second kappa shape index (κ2) is 10.2. The third-order valence-electron chi connectivity index (χ3n) is 6.03. The SMILES string of the molecule is Cc1cccc(Cn2nc(C(=O)c3cncnc3N[C@@H]3C[C@H](COS(N)(=O)=O)[C@@H](O)C3)cc2C)c1. The molecule has 11 nitrogen and oxygen atoms in total. The second-order valence-electron chi connectivity index (χ2n) is 8.85. The van der Waals surface area contributed by atoms with Crippen LogP contribution in [0.25, 0.3) is 0 Å². The fourth-order valence-corrected chi connectivity index (χ4v) is 4.65. The van der Waals surface area contributed by atoms with Crippen LogP contribution in [0.1, 0.15) is 45.7 Å². The summed E-state index contributed by atoms with van der Waals surface area (Å²) in [6, 6.07) is 9.58. The molecule has 1 fully saturated rings. The predicted octanol–water partition coefficient (Wildman–Crippen LogP) is 1.34. The quantitative estimate of drug-likeness (QED) is 0.368. The van der Waals surface area contributed by atoms with Gasteiger partial charge in [0.2, 0.25) is 5.78 Å². The molecule has 186 valence electrons. The molecule has 4 rings (SSSR count). The molecule has 4 N–H and O–H groups in total. The molecule has 0 saturated heterocycles. The van der Waals surface area contributed by atoms with Gasteiger partial charge in [0.05, 0.1) is 24.8 Å². The summed E-state index contributed by atoms with van der Waals surface area (Å²) in [6.07, 6.45) is 2.72. The fraction of sp³-hybridized carbons (Fsp3) is 0.391. The van der Waals surface area contributed by atoms with Gasteiger partial charge in [-0.25, -0.2) is 15.1 Å². The van der Waals surface area contributed by atoms with Crippen LogP contribution in [0.4, 0.5) is 5.82 Å². The van der Waals surface area contributed by atoms with E-state index >= 15 is 0 Å². The van der Waals surface area contributed by atoms with Gasteiger partial charge < -0.3 is 10.4 Å². The topological polar surface area (TPSA) is 162 Å². The van der Waals surface area contributed by atoms with Crippen molar-refractivity contribution in [2.45, 2.75) is 45.4 Å². The van der Waals surface area contributed by atoms with Crippen LogP contribution < -0.4 is 10.5 Å². The largest absolute Gasteiger partial charge is 0.393 e. The zero-order chi connectivity index (χ0) is 25.2. The van der Waals surface area contributed by atoms with Gasteiger partial charge in [-0.1, -0.05) is 29.8 Å². The maximum atomic E-state index is 13.3. The number of aryl methyl sites for hydroxylation is 2. The van der Waals surface area contributed by atoms with Crippen molar-refractivity contribution in [1.29, 1.82) is 0 Å². The lowest BCUT2D eigenvalue weighted by Crippen LogP contribution is -2.24. The van der Waals surface area contributed by atoms with Crippen LogP contribution in [0.15, 0.2) is 42.9 Å². The van der Waals surface area contributed by atoms with Crippen molar-refractivity contribution in [3.05, 3.63) is 70.9 Å². The van der Waals surface area contributed by atoms with Gasteiger partial charge >= 0.3 is 10.3 Å². The van der Waals surface area contributed by atoms with Crippen LogP contribution in [0.3, 0.4) is 0 Å². The van der Waals surface area contributed by atoms with E-state index in [1.807, 2.05) is 32.0 Å². The number of aliphatic hydroxyl groups is 1. The van der Waals surface area contributed by atoms with E-state index in [0.717, 1.165) is 16.8 Å². The first-order chi connectivity index (χ1) is 16.6. The number of anilines is 1. The van der Waals surface area contributed by atoms with Gasteiger partial charge in [0, 0.05) is 23.9 Å². The molecule has 1 aliphatic rings. The molecule has 0 bridgehead atoms. The van der Waals surface area contributed by atoms with Crippen LogP contribution in [0, 0.1) is 19.8 Å². The highest BCUT2D eigenvalue weighted by molar-refractivity contribution is 7.84. The second-order valence-corrected chi connectivity index (χ2v) is 10.1. The van der Waals surface area contributed by atoms with Gasteiger partial charge in [0.25, 0.3) is 0 Å². The minimum Gasteiger partial charge on any atom is -0.393 e. The van der Waals surface area contributed by atoms with Gasteiger partial charge in [-0.3, -0.25) is 13.7 Å². The maximum Gasteiger partial charge on any atom is 0.333 e. The third-order valence-corrected chi connectivity index (χ3v) is 6.49. The van der Waals surface area contributed by atoms with Crippen molar-refractivity contribution in [1.82, 2.24) is 19.7 Å². The van der Waals surface area contributed by atoms with Gasteiger partial charge in [-0.2, -0.15) is 13.5 Å². The molecular formula is C23H28N6O5S. The van der Waals surface area contributed by atoms with Gasteiger partial charge in [0.15, 0.2) is 0 Å². The molecule has 3 aromatic rings. The van der Waals surface area contributed by atoms with Crippen LogP contribution in [-0.2, 0) is 21.0 Å². The van der Waals surface area contributed by atoms with E-state index in [2.05, 4.69) is 30.6 Å². The lowest BCUT2D eigenvalue weighted by molar-refractivity contribution is 0.101. The Morgan fingerprint density at radius 3 is 2.83 bits per heavy atom. The van der Waals surface area contributed by atoms with Crippen molar-refractivity contribution in [3.8, 4) is 0 Å². The first-order valence-corrected chi connectivity index (χ1v) is 12.6. The molecule has 0 aliphatic heterocycles. The normalized spacial score (nSPS) is 20.2. The highest BCUT2D eigenvalue weighted by Gasteiger charge is 2.35. The summed E-state index contributed by atoms with van der Waals surface area (Å²) >= 11 is 0. The van der Waals surface area contributed by atoms with Crippen LogP contribution in [0.5, 0.6) is 0 Å². The number of hydrogen-bond acceptors (Lipinski definition) is 9. The van der Waals surface area contributed by atoms with E-state index in [-0.39, 0.29) is 29.7 Å². The van der Waals surface area contributed by atoms with E-state index in [9.17, 15) is 18.3 Å². The summed E-state index contributed by atoms with van der Waals surface area (Å²) < 4.78 is 28.5. The van der Waals surface area contributed by atoms with Crippen molar-refractivity contribution >= 4 is 21.9 Å². The zero-order valence-corrected chi connectivity index (χ0v) is 20.3. The first kappa shape index (κ1) is 24.9. The Hall–Kier alpha value is -3.19. The molecule has 0 spiro atoms. The van der Waals surface area contributed by atoms with E-state index in [1.165, 1.54) is 12.5 Å². The summed E-state index contributed by atoms with van der Waals surface area (Å²) in [7, 11) is -4.09. The molecule has 0 radical (unpaired) electrons. The number of nitrogens with one attached hydrogen (secondary N) is 1. The Kier molecular flexibility index (Phi) is 7.26. The van der Waals surface area contributed by atoms with Crippen molar-refractivity contribution < 1.29 is 22.5 Å². The smallest absolute Gasteiger partial charge is 0.333 e. The average Bonchev–Trinajstić information content (AvgIpc) is 3.33. The number of ketones is 1. The lowest BCUT2D eigenvalue weighted by Gasteiger charge is -2.15. The summed E-state index contributed by atoms with van der Waals surface area (Å²) in [5, 5.41) is 22.9. The summed E-state index contributed by atoms with van der Waals surface area (Å²) in [5.41, 5.74) is 3.61. The first-order valence-electron chi connectivity index (χ1n) is 11.2. The number of nitrogens with two attached hydrogens (primary N) is 1. The molecule has 1 aromatic carbocycles. The number of hydrogen-bond donors (Lipinski definition) is 3. The Bertz CT molecular complexity index is 1330. The number of aliphatic hydroxyl groups excluding tert-OH is 1. The average molecular weight is 501 g/mol. The van der Waals surface area contributed by atoms with E-state index in [0.29, 0.717) is 25.2 Å². The zero-order valence-electron chi connectivity index (χ0n) is 19.5. The van der Waals surface area contributed by atoms with Crippen molar-refractivity contribution in [3.63, 3.8) is 0 Å². The highest BCUT2D eigenvalue weighted by Crippen LogP contribution is 2.30. The number of rotatable bonds is 9. The molecule has 0 unspecified atom stereocenters. The molecule has 1 saturated carbocycles. The van der Waals surface area contributed by atoms with E-state index < -0.39 is 22.3 Å². The molecule has 1 aliphatic carbocycles. The summed E-state index contributed by atoms with van der Waals surface area (Å²) in [4.78, 5) is 21.5. The Morgan fingerprint density at radius 1 is 1.29 bits per heavy atom. The molecule has 2 aromatic heterocycles. The molecule has 12 heteroatoms. The van der Waals surface area contributed by atoms with E-state index in [4.69, 9.17) is 5.14 Å². The van der Waals surface area contributed by atoms with Crippen LogP contribution in [0.2, 0.25) is 0 Å². The third kappa shape index (κ3) is 6.28. The van der Waals surface area contributed by atoms with Gasteiger partial charge in [-0.05, 0) is 38.3 Å². The summed E-state index contributed by atoms with van der Waals surface area (Å²) in [5.74, 6) is -0.431. The monoisotopic (exact) mass is 500 g/mol. The van der Waals surface area contributed by atoms with Crippen LogP contribution in [-0.4, -0.2) is 57.8 Å². The molecule has 3 atom stereocenters. The summed E-state index contributed by atoms with van der Waals surface area (Å²) in [6.45, 7) is 4.24. The Balaban J connectivity index is 1.48. The van der Waals surface area contributed by atoms with Crippen molar-refractivity contribution in [2.75, 3.05) is 11.9 Å². The predicted molar refractivity (Wildman–Crippen MR) is 128 cm³/mol. The Morgan fingerprint density at radius 2 is 2.09 bits per heavy atom. The van der Waals surface area contributed by atoms with Gasteiger partial charge in [-0.15, -0.1) is 0 Å². The number of carbonyl (C=O) groups excluding carboxylic acids is 1. The minimum atomic E-state index is -4.09. The fourth-order valence-electron chi connectivity index (χ4n) is 4.29. The Labute approximate surface area is 203 Å². The molecule has 2 heterocycles. The number of benzene rings is 1. The molecular weight excluding hydrogens is 472 g/mol. The molecule has 0 amide bonds. The molecule has 35 heavy (non-hydrogen) atoms. The maximum absolute atomic E-state index is 13.3. The van der Waals surface area contributed by atoms with E-state index in [1.54, 1.807) is 10.7 Å². The van der Waals surface area contributed by atoms with Crippen molar-refractivity contribution in [2.24, 2.45) is 11.1 Å². The number of carbonyl (C=O) groups is 1. The highest BCUT2D eigenvalue weighted by atomic mass is 32.2.